The van der Waals surface area contributed by atoms with Crippen molar-refractivity contribution in [2.24, 2.45) is 29.1 Å². The smallest absolute Gasteiger partial charge is 0.325 e. The minimum atomic E-state index is -0.814. The van der Waals surface area contributed by atoms with Crippen LogP contribution in [0.1, 0.15) is 76.3 Å². The molecular weight excluding hydrogens is 689 g/mol. The van der Waals surface area contributed by atoms with E-state index in [1.54, 1.807) is 12.1 Å². The molecule has 2 N–H and O–H groups in total. The fourth-order valence-electron chi connectivity index (χ4n) is 8.60. The highest BCUT2D eigenvalue weighted by molar-refractivity contribution is 7.10. The molecule has 12 heteroatoms. The number of amides is 2. The van der Waals surface area contributed by atoms with E-state index in [9.17, 15) is 14.4 Å². The number of cyclic esters (lactones) is 1. The summed E-state index contributed by atoms with van der Waals surface area (Å²) in [5.41, 5.74) is 9.86. The number of hydrazine groups is 1. The van der Waals surface area contributed by atoms with Gasteiger partial charge in [-0.1, -0.05) is 26.8 Å². The van der Waals surface area contributed by atoms with Gasteiger partial charge in [0.1, 0.15) is 12.1 Å². The molecule has 2 aliphatic carbocycles. The number of hydrogen-bond donors (Lipinski definition) is 2. The fraction of sp³-hybridized carbons (Fsp3) is 0.537. The molecule has 1 saturated heterocycles. The molecule has 2 amide bonds. The number of pyridine rings is 1. The first kappa shape index (κ1) is 35.9. The first-order valence-electron chi connectivity index (χ1n) is 19.1. The van der Waals surface area contributed by atoms with Gasteiger partial charge in [-0.25, -0.2) is 10.4 Å². The number of ether oxygens (including phenoxy) is 2. The van der Waals surface area contributed by atoms with Gasteiger partial charge in [0.25, 0.3) is 5.91 Å². The van der Waals surface area contributed by atoms with Gasteiger partial charge < -0.3 is 19.4 Å². The maximum atomic E-state index is 14.3. The van der Waals surface area contributed by atoms with Crippen molar-refractivity contribution in [2.45, 2.75) is 91.5 Å². The molecular formula is C41H50N6O5S. The summed E-state index contributed by atoms with van der Waals surface area (Å²) < 4.78 is 14.3. The molecule has 4 aliphatic rings. The lowest BCUT2D eigenvalue weighted by Crippen LogP contribution is -2.67. The van der Waals surface area contributed by atoms with Crippen LogP contribution in [0, 0.1) is 29.1 Å². The standard InChI is InChI=1S/C41H50N6O5S/c1-7-46-33-13-11-24-16-29(33)30(37(46)27-9-8-14-42-35(27)23(3)51-6)18-41(4,5)21-52-40(50)36-26-12-10-25(26)19-47(45-36)39(49)31(17-34-43-32(24)20-53-34)44-38(48)28-15-22(28)2/h8-9,11,13-14,16,20,22-23,25-26,28,31,36,45H,7,10,12,15,17-19,21H2,1-6H3,(H,44,48)/t22-,23-,25+,26+,28-,31-,36-/m0/s1. The molecule has 1 aromatic carbocycles. The van der Waals surface area contributed by atoms with E-state index >= 15 is 0 Å². The predicted molar refractivity (Wildman–Crippen MR) is 204 cm³/mol. The molecule has 3 fully saturated rings. The van der Waals surface area contributed by atoms with E-state index in [-0.39, 0.29) is 54.7 Å². The van der Waals surface area contributed by atoms with Gasteiger partial charge in [-0.3, -0.25) is 24.4 Å². The Balaban J connectivity index is 1.25. The molecule has 11 nitrogen and oxygen atoms in total. The van der Waals surface area contributed by atoms with Crippen LogP contribution in [0.3, 0.4) is 0 Å². The summed E-state index contributed by atoms with van der Waals surface area (Å²) in [6, 6.07) is 9.14. The van der Waals surface area contributed by atoms with E-state index in [1.165, 1.54) is 11.3 Å². The van der Waals surface area contributed by atoms with Gasteiger partial charge in [0.15, 0.2) is 0 Å². The normalized spacial score (nSPS) is 27.3. The molecule has 8 rings (SSSR count). The molecule has 2 aliphatic heterocycles. The third-order valence-electron chi connectivity index (χ3n) is 12.0. The van der Waals surface area contributed by atoms with Crippen LogP contribution in [0.15, 0.2) is 41.9 Å². The van der Waals surface area contributed by atoms with Crippen molar-refractivity contribution in [3.05, 3.63) is 58.2 Å². The fourth-order valence-corrected chi connectivity index (χ4v) is 9.45. The summed E-state index contributed by atoms with van der Waals surface area (Å²) in [6.45, 7) is 11.9. The van der Waals surface area contributed by atoms with Crippen molar-refractivity contribution >= 4 is 40.0 Å². The zero-order valence-corrected chi connectivity index (χ0v) is 32.3. The first-order valence-corrected chi connectivity index (χ1v) is 20.0. The second-order valence-corrected chi connectivity index (χ2v) is 17.3. The molecule has 3 aromatic heterocycles. The molecule has 2 saturated carbocycles. The number of nitrogens with zero attached hydrogens (tertiary/aromatic N) is 4. The number of methoxy groups -OCH3 is 1. The highest BCUT2D eigenvalue weighted by Gasteiger charge is 2.49. The molecule has 53 heavy (non-hydrogen) atoms. The molecule has 0 spiro atoms. The van der Waals surface area contributed by atoms with Gasteiger partial charge in [0.2, 0.25) is 5.91 Å². The number of aryl methyl sites for hydroxylation is 1. The van der Waals surface area contributed by atoms with Crippen molar-refractivity contribution in [3.63, 3.8) is 0 Å². The quantitative estimate of drug-likeness (QED) is 0.227. The number of carbonyl (C=O) groups is 3. The summed E-state index contributed by atoms with van der Waals surface area (Å²) in [7, 11) is 1.70. The highest BCUT2D eigenvalue weighted by atomic mass is 32.1. The third kappa shape index (κ3) is 6.67. The van der Waals surface area contributed by atoms with E-state index in [0.29, 0.717) is 18.9 Å². The zero-order chi connectivity index (χ0) is 37.2. The summed E-state index contributed by atoms with van der Waals surface area (Å²) >= 11 is 1.50. The third-order valence-corrected chi connectivity index (χ3v) is 12.9. The van der Waals surface area contributed by atoms with Crippen molar-refractivity contribution < 1.29 is 23.9 Å². The second kappa shape index (κ2) is 13.9. The van der Waals surface area contributed by atoms with E-state index in [4.69, 9.17) is 19.4 Å². The minimum absolute atomic E-state index is 0.0826. The van der Waals surface area contributed by atoms with Crippen molar-refractivity contribution in [2.75, 3.05) is 20.3 Å². The van der Waals surface area contributed by atoms with Gasteiger partial charge in [0, 0.05) is 71.6 Å². The Kier molecular flexibility index (Phi) is 9.43. The number of esters is 1. The molecule has 6 bridgehead atoms. The van der Waals surface area contributed by atoms with Gasteiger partial charge >= 0.3 is 5.97 Å². The number of carbonyl (C=O) groups excluding carboxylic acids is 3. The van der Waals surface area contributed by atoms with Crippen LogP contribution in [0.2, 0.25) is 0 Å². The van der Waals surface area contributed by atoms with E-state index in [1.807, 2.05) is 24.6 Å². The zero-order valence-electron chi connectivity index (χ0n) is 31.5. The minimum Gasteiger partial charge on any atom is -0.464 e. The predicted octanol–water partition coefficient (Wildman–Crippen LogP) is 6.10. The number of fused-ring (bicyclic) bond motifs is 8. The van der Waals surface area contributed by atoms with Crippen LogP contribution in [-0.2, 0) is 43.2 Å². The number of benzene rings is 1. The molecule has 0 unspecified atom stereocenters. The SMILES string of the molecule is CCn1c(-c2cccnc2[C@H](C)OC)c2c3cc(ccc31)-c1csc(n1)C[C@H](NC(=O)[C@H]1C[C@@H]1C)C(=O)N1C[C@H]3CC[C@H]3[C@H](N1)C(=O)OCC(C)(C)C2. The Morgan fingerprint density at radius 3 is 2.75 bits per heavy atom. The lowest BCUT2D eigenvalue weighted by atomic mass is 9.68. The summed E-state index contributed by atoms with van der Waals surface area (Å²) in [5.74, 6) is -0.172. The Labute approximate surface area is 314 Å². The molecule has 5 heterocycles. The van der Waals surface area contributed by atoms with Crippen LogP contribution >= 0.6 is 11.3 Å². The number of rotatable bonds is 6. The van der Waals surface area contributed by atoms with Crippen LogP contribution in [0.4, 0.5) is 0 Å². The highest BCUT2D eigenvalue weighted by Crippen LogP contribution is 2.44. The van der Waals surface area contributed by atoms with Crippen LogP contribution in [0.25, 0.3) is 33.4 Å². The largest absolute Gasteiger partial charge is 0.464 e. The Bertz CT molecular complexity index is 2070. The monoisotopic (exact) mass is 738 g/mol. The summed E-state index contributed by atoms with van der Waals surface area (Å²) in [6.07, 6.45) is 5.16. The summed E-state index contributed by atoms with van der Waals surface area (Å²) in [5, 5.41) is 8.56. The second-order valence-electron chi connectivity index (χ2n) is 16.3. The van der Waals surface area contributed by atoms with Gasteiger partial charge in [-0.15, -0.1) is 11.3 Å². The first-order chi connectivity index (χ1) is 25.5. The van der Waals surface area contributed by atoms with Crippen LogP contribution in [0.5, 0.6) is 0 Å². The lowest BCUT2D eigenvalue weighted by molar-refractivity contribution is -0.165. The van der Waals surface area contributed by atoms with Gasteiger partial charge in [-0.2, -0.15) is 0 Å². The van der Waals surface area contributed by atoms with Crippen molar-refractivity contribution in [3.8, 4) is 22.5 Å². The van der Waals surface area contributed by atoms with E-state index in [2.05, 4.69) is 67.3 Å². The Hall–Kier alpha value is -4.13. The van der Waals surface area contributed by atoms with Crippen molar-refractivity contribution in [1.29, 1.82) is 0 Å². The average Bonchev–Trinajstić information content (AvgIpc) is 3.56. The summed E-state index contributed by atoms with van der Waals surface area (Å²) in [4.78, 5) is 51.4. The topological polar surface area (TPSA) is 128 Å². The maximum absolute atomic E-state index is 14.3. The number of nitrogens with one attached hydrogen (secondary N) is 2. The average molecular weight is 739 g/mol. The molecule has 280 valence electrons. The van der Waals surface area contributed by atoms with Gasteiger partial charge in [-0.05, 0) is 87.1 Å². The van der Waals surface area contributed by atoms with Crippen LogP contribution in [-0.4, -0.2) is 69.7 Å². The number of aromatic nitrogens is 3. The molecule has 0 radical (unpaired) electrons. The van der Waals surface area contributed by atoms with E-state index in [0.717, 1.165) is 75.5 Å². The Morgan fingerprint density at radius 1 is 1.23 bits per heavy atom. The van der Waals surface area contributed by atoms with Crippen molar-refractivity contribution in [1.82, 2.24) is 30.3 Å². The van der Waals surface area contributed by atoms with Gasteiger partial charge in [0.05, 0.1) is 34.8 Å². The lowest BCUT2D eigenvalue weighted by Gasteiger charge is -2.49. The Morgan fingerprint density at radius 2 is 2.04 bits per heavy atom. The molecule has 4 aromatic rings. The molecule has 7 atom stereocenters. The van der Waals surface area contributed by atoms with Crippen LogP contribution < -0.4 is 10.7 Å². The van der Waals surface area contributed by atoms with E-state index < -0.39 is 17.5 Å². The maximum Gasteiger partial charge on any atom is 0.325 e. The number of hydrogen-bond acceptors (Lipinski definition) is 9. The number of thiazole rings is 1.